The summed E-state index contributed by atoms with van der Waals surface area (Å²) in [5, 5.41) is 21.1. The Morgan fingerprint density at radius 2 is 1.73 bits per heavy atom. The maximum absolute atomic E-state index is 12.5. The molecule has 0 aliphatic rings. The number of aliphatic hydroxyl groups excluding tert-OH is 1. The number of carbonyl (C=O) groups excluding carboxylic acids is 2. The Morgan fingerprint density at radius 1 is 1.14 bits per heavy atom. The molecule has 6 nitrogen and oxygen atoms in total. The summed E-state index contributed by atoms with van der Waals surface area (Å²) in [5.41, 5.74) is 0. The molecule has 0 rings (SSSR count). The zero-order valence-corrected chi connectivity index (χ0v) is 14.5. The molecule has 0 bridgehead atoms. The van der Waals surface area contributed by atoms with Gasteiger partial charge in [0.1, 0.15) is 6.04 Å². The first-order valence-electron chi connectivity index (χ1n) is 8.19. The van der Waals surface area contributed by atoms with Gasteiger partial charge < -0.3 is 20.4 Å². The Labute approximate surface area is 133 Å². The summed E-state index contributed by atoms with van der Waals surface area (Å²) in [6, 6.07) is -0.621. The van der Waals surface area contributed by atoms with Gasteiger partial charge in [-0.25, -0.2) is 0 Å². The highest BCUT2D eigenvalue weighted by Gasteiger charge is 2.27. The lowest BCUT2D eigenvalue weighted by molar-refractivity contribution is -0.142. The second-order valence-electron chi connectivity index (χ2n) is 6.12. The minimum atomic E-state index is -1.57. The van der Waals surface area contributed by atoms with Gasteiger partial charge in [0.25, 0.3) is 0 Å². The van der Waals surface area contributed by atoms with Crippen LogP contribution in [0.2, 0.25) is 0 Å². The number of nitrogens with one attached hydrogen (secondary N) is 1. The SMILES string of the molecule is CCCCN(CC(O)O)C(=O)[C@H](CC)NC(=O)[C@@H](C)C(C)C. The predicted octanol–water partition coefficient (Wildman–Crippen LogP) is 1.11. The molecule has 0 saturated carbocycles. The Bertz CT molecular complexity index is 345. The monoisotopic (exact) mass is 316 g/mol. The number of nitrogens with zero attached hydrogens (tertiary/aromatic N) is 1. The lowest BCUT2D eigenvalue weighted by Crippen LogP contribution is -2.51. The molecule has 22 heavy (non-hydrogen) atoms. The van der Waals surface area contributed by atoms with Crippen molar-refractivity contribution in [2.24, 2.45) is 11.8 Å². The summed E-state index contributed by atoms with van der Waals surface area (Å²) in [4.78, 5) is 26.1. The Kier molecular flexibility index (Phi) is 10.0. The molecule has 0 aliphatic heterocycles. The van der Waals surface area contributed by atoms with Gasteiger partial charge in [-0.2, -0.15) is 0 Å². The molecule has 0 aliphatic carbocycles. The number of hydrogen-bond acceptors (Lipinski definition) is 4. The summed E-state index contributed by atoms with van der Waals surface area (Å²) in [5.74, 6) is -0.374. The van der Waals surface area contributed by atoms with Crippen molar-refractivity contribution < 1.29 is 19.8 Å². The van der Waals surface area contributed by atoms with Crippen molar-refractivity contribution in [1.29, 1.82) is 0 Å². The number of rotatable bonds is 10. The van der Waals surface area contributed by atoms with Gasteiger partial charge in [-0.3, -0.25) is 9.59 Å². The van der Waals surface area contributed by atoms with E-state index in [0.717, 1.165) is 12.8 Å². The molecule has 0 saturated heterocycles. The van der Waals surface area contributed by atoms with Gasteiger partial charge in [-0.1, -0.05) is 41.0 Å². The lowest BCUT2D eigenvalue weighted by atomic mass is 9.96. The van der Waals surface area contributed by atoms with Crippen LogP contribution in [0.5, 0.6) is 0 Å². The Morgan fingerprint density at radius 3 is 2.14 bits per heavy atom. The number of carbonyl (C=O) groups is 2. The van der Waals surface area contributed by atoms with E-state index in [1.807, 2.05) is 34.6 Å². The van der Waals surface area contributed by atoms with Crippen molar-refractivity contribution in [3.63, 3.8) is 0 Å². The first-order chi connectivity index (χ1) is 10.2. The van der Waals surface area contributed by atoms with Crippen molar-refractivity contribution in [3.8, 4) is 0 Å². The minimum Gasteiger partial charge on any atom is -0.367 e. The van der Waals surface area contributed by atoms with E-state index in [-0.39, 0.29) is 30.2 Å². The van der Waals surface area contributed by atoms with Crippen LogP contribution in [0.15, 0.2) is 0 Å². The molecule has 2 amide bonds. The highest BCUT2D eigenvalue weighted by atomic mass is 16.5. The highest BCUT2D eigenvalue weighted by molar-refractivity contribution is 5.88. The normalized spacial score (nSPS) is 14.0. The average molecular weight is 316 g/mol. The molecular weight excluding hydrogens is 284 g/mol. The van der Waals surface area contributed by atoms with Crippen molar-refractivity contribution >= 4 is 11.8 Å². The third-order valence-electron chi connectivity index (χ3n) is 3.91. The molecule has 0 aromatic rings. The fourth-order valence-electron chi connectivity index (χ4n) is 2.00. The van der Waals surface area contributed by atoms with Gasteiger partial charge in [0.2, 0.25) is 11.8 Å². The Hall–Kier alpha value is -1.14. The molecule has 0 spiro atoms. The first-order valence-corrected chi connectivity index (χ1v) is 8.19. The van der Waals surface area contributed by atoms with E-state index in [4.69, 9.17) is 10.2 Å². The minimum absolute atomic E-state index is 0.134. The molecule has 0 radical (unpaired) electrons. The van der Waals surface area contributed by atoms with Crippen molar-refractivity contribution in [1.82, 2.24) is 10.2 Å². The van der Waals surface area contributed by atoms with Gasteiger partial charge in [-0.05, 0) is 18.8 Å². The highest BCUT2D eigenvalue weighted by Crippen LogP contribution is 2.11. The molecule has 0 aromatic carbocycles. The van der Waals surface area contributed by atoms with Crippen molar-refractivity contribution in [2.45, 2.75) is 66.2 Å². The van der Waals surface area contributed by atoms with Gasteiger partial charge >= 0.3 is 0 Å². The quantitative estimate of drug-likeness (QED) is 0.527. The Balaban J connectivity index is 4.85. The van der Waals surface area contributed by atoms with E-state index in [0.29, 0.717) is 13.0 Å². The van der Waals surface area contributed by atoms with E-state index < -0.39 is 12.3 Å². The van der Waals surface area contributed by atoms with Crippen LogP contribution in [0.25, 0.3) is 0 Å². The van der Waals surface area contributed by atoms with E-state index in [1.165, 1.54) is 4.90 Å². The molecule has 0 heterocycles. The number of aliphatic hydroxyl groups is 2. The maximum Gasteiger partial charge on any atom is 0.245 e. The number of unbranched alkanes of at least 4 members (excludes halogenated alkanes) is 1. The maximum atomic E-state index is 12.5. The van der Waals surface area contributed by atoms with Crippen LogP contribution in [0.3, 0.4) is 0 Å². The van der Waals surface area contributed by atoms with Crippen LogP contribution >= 0.6 is 0 Å². The van der Waals surface area contributed by atoms with Crippen LogP contribution in [-0.2, 0) is 9.59 Å². The van der Waals surface area contributed by atoms with E-state index >= 15 is 0 Å². The number of amides is 2. The second kappa shape index (κ2) is 10.6. The van der Waals surface area contributed by atoms with Crippen LogP contribution in [0, 0.1) is 11.8 Å². The standard InChI is InChI=1S/C16H32N2O4/c1-6-8-9-18(10-14(19)20)16(22)13(7-2)17-15(21)12(5)11(3)4/h11-14,19-20H,6-10H2,1-5H3,(H,17,21)/t12-,13-/m0/s1. The summed E-state index contributed by atoms with van der Waals surface area (Å²) in [6.45, 7) is 9.91. The predicted molar refractivity (Wildman–Crippen MR) is 85.9 cm³/mol. The summed E-state index contributed by atoms with van der Waals surface area (Å²) in [6.07, 6.45) is 0.590. The molecule has 0 fully saturated rings. The fraction of sp³-hybridized carbons (Fsp3) is 0.875. The van der Waals surface area contributed by atoms with Gasteiger partial charge in [0, 0.05) is 12.5 Å². The molecule has 6 heteroatoms. The molecule has 0 aromatic heterocycles. The van der Waals surface area contributed by atoms with E-state index in [2.05, 4.69) is 5.32 Å². The average Bonchev–Trinajstić information content (AvgIpc) is 2.46. The van der Waals surface area contributed by atoms with Gasteiger partial charge in [0.05, 0.1) is 6.54 Å². The molecule has 0 unspecified atom stereocenters. The molecule has 130 valence electrons. The summed E-state index contributed by atoms with van der Waals surface area (Å²) >= 11 is 0. The van der Waals surface area contributed by atoms with Gasteiger partial charge in [0.15, 0.2) is 6.29 Å². The molecule has 2 atom stereocenters. The first kappa shape index (κ1) is 20.9. The van der Waals surface area contributed by atoms with Crippen LogP contribution in [-0.4, -0.2) is 52.3 Å². The second-order valence-corrected chi connectivity index (χ2v) is 6.12. The lowest BCUT2D eigenvalue weighted by Gasteiger charge is -2.29. The summed E-state index contributed by atoms with van der Waals surface area (Å²) < 4.78 is 0. The fourth-order valence-corrected chi connectivity index (χ4v) is 2.00. The third kappa shape index (κ3) is 7.22. The van der Waals surface area contributed by atoms with Gasteiger partial charge in [-0.15, -0.1) is 0 Å². The third-order valence-corrected chi connectivity index (χ3v) is 3.91. The van der Waals surface area contributed by atoms with Crippen molar-refractivity contribution in [3.05, 3.63) is 0 Å². The van der Waals surface area contributed by atoms with E-state index in [1.54, 1.807) is 0 Å². The molecule has 3 N–H and O–H groups in total. The van der Waals surface area contributed by atoms with Crippen LogP contribution in [0.4, 0.5) is 0 Å². The topological polar surface area (TPSA) is 89.9 Å². The van der Waals surface area contributed by atoms with Crippen LogP contribution in [0.1, 0.15) is 53.9 Å². The van der Waals surface area contributed by atoms with Crippen molar-refractivity contribution in [2.75, 3.05) is 13.1 Å². The molecular formula is C16H32N2O4. The number of hydrogen-bond donors (Lipinski definition) is 3. The zero-order valence-electron chi connectivity index (χ0n) is 14.5. The smallest absolute Gasteiger partial charge is 0.245 e. The zero-order chi connectivity index (χ0) is 17.3. The summed E-state index contributed by atoms with van der Waals surface area (Å²) in [7, 11) is 0. The van der Waals surface area contributed by atoms with Crippen LogP contribution < -0.4 is 5.32 Å². The van der Waals surface area contributed by atoms with E-state index in [9.17, 15) is 9.59 Å². The largest absolute Gasteiger partial charge is 0.367 e.